The van der Waals surface area contributed by atoms with Crippen LogP contribution in [0.4, 0.5) is 0 Å². The van der Waals surface area contributed by atoms with E-state index in [0.29, 0.717) is 5.92 Å². The Hall–Kier alpha value is -3.54. The standard InChI is InChI=1S/C35H37N3OS/c1-23-20-24(2)36-34-32(23)29-14-8-9-15-31(29)38(34)21-25-16-18-28(19-17-25)33(27-12-6-7-13-27)35(40)37-30(22-39)26-10-4-3-5-11-26/h3-5,8-11,14-20,27,30,33,39H,6-7,12-13,21-22H2,1-2H3,(H,37,40)/t30-,33-/m0/s1. The molecule has 0 unspecified atom stereocenters. The molecule has 1 aliphatic rings. The number of aromatic nitrogens is 2. The normalized spacial score (nSPS) is 15.5. The number of hydrogen-bond donors (Lipinski definition) is 2. The van der Waals surface area contributed by atoms with Gasteiger partial charge in [0.25, 0.3) is 0 Å². The van der Waals surface area contributed by atoms with Crippen LogP contribution in [0.15, 0.2) is 84.9 Å². The highest BCUT2D eigenvalue weighted by Gasteiger charge is 2.31. The molecule has 204 valence electrons. The first kappa shape index (κ1) is 26.7. The first-order chi connectivity index (χ1) is 19.5. The molecule has 2 atom stereocenters. The summed E-state index contributed by atoms with van der Waals surface area (Å²) in [6.07, 6.45) is 4.89. The largest absolute Gasteiger partial charge is 0.394 e. The van der Waals surface area contributed by atoms with Gasteiger partial charge >= 0.3 is 0 Å². The van der Waals surface area contributed by atoms with E-state index in [4.69, 9.17) is 17.2 Å². The monoisotopic (exact) mass is 547 g/mol. The summed E-state index contributed by atoms with van der Waals surface area (Å²) >= 11 is 6.06. The van der Waals surface area contributed by atoms with Crippen LogP contribution in [0, 0.1) is 19.8 Å². The van der Waals surface area contributed by atoms with Gasteiger partial charge in [0.1, 0.15) is 5.65 Å². The van der Waals surface area contributed by atoms with Crippen molar-refractivity contribution in [2.24, 2.45) is 5.92 Å². The number of para-hydroxylation sites is 1. The summed E-state index contributed by atoms with van der Waals surface area (Å²) in [5.41, 5.74) is 8.13. The van der Waals surface area contributed by atoms with Gasteiger partial charge < -0.3 is 15.0 Å². The van der Waals surface area contributed by atoms with Crippen LogP contribution < -0.4 is 5.32 Å². The van der Waals surface area contributed by atoms with Crippen molar-refractivity contribution in [1.82, 2.24) is 14.9 Å². The van der Waals surface area contributed by atoms with E-state index in [1.54, 1.807) is 0 Å². The lowest BCUT2D eigenvalue weighted by Crippen LogP contribution is -2.35. The van der Waals surface area contributed by atoms with Gasteiger partial charge in [0.15, 0.2) is 0 Å². The smallest absolute Gasteiger partial charge is 0.141 e. The summed E-state index contributed by atoms with van der Waals surface area (Å²) in [6, 6.07) is 29.7. The van der Waals surface area contributed by atoms with E-state index in [9.17, 15) is 5.11 Å². The van der Waals surface area contributed by atoms with Crippen molar-refractivity contribution >= 4 is 39.1 Å². The Labute approximate surface area is 242 Å². The molecule has 1 fully saturated rings. The number of aliphatic hydroxyl groups is 1. The van der Waals surface area contributed by atoms with Crippen LogP contribution in [0.2, 0.25) is 0 Å². The van der Waals surface area contributed by atoms with Crippen LogP contribution >= 0.6 is 12.2 Å². The Bertz CT molecular complexity index is 1630. The Morgan fingerprint density at radius 1 is 0.950 bits per heavy atom. The molecule has 1 saturated carbocycles. The Morgan fingerprint density at radius 2 is 1.65 bits per heavy atom. The fourth-order valence-electron chi connectivity index (χ4n) is 6.66. The zero-order chi connectivity index (χ0) is 27.6. The molecule has 0 saturated heterocycles. The minimum atomic E-state index is -0.202. The second-order valence-electron chi connectivity index (χ2n) is 11.3. The van der Waals surface area contributed by atoms with Crippen molar-refractivity contribution in [2.45, 2.75) is 58.0 Å². The van der Waals surface area contributed by atoms with Gasteiger partial charge in [-0.2, -0.15) is 0 Å². The quantitative estimate of drug-likeness (QED) is 0.195. The number of pyridine rings is 1. The molecule has 4 nitrogen and oxygen atoms in total. The number of nitrogens with zero attached hydrogens (tertiary/aromatic N) is 2. The van der Waals surface area contributed by atoms with Crippen LogP contribution in [0.25, 0.3) is 21.9 Å². The summed E-state index contributed by atoms with van der Waals surface area (Å²) in [4.78, 5) is 5.80. The average Bonchev–Trinajstić information content (AvgIpc) is 3.60. The number of thiocarbonyl (C=S) groups is 1. The molecule has 5 heteroatoms. The molecule has 3 aromatic carbocycles. The molecular formula is C35H37N3OS. The maximum absolute atomic E-state index is 10.2. The van der Waals surface area contributed by atoms with Gasteiger partial charge in [-0.3, -0.25) is 0 Å². The van der Waals surface area contributed by atoms with Crippen molar-refractivity contribution in [3.8, 4) is 0 Å². The maximum atomic E-state index is 10.2. The molecular weight excluding hydrogens is 510 g/mol. The maximum Gasteiger partial charge on any atom is 0.141 e. The van der Waals surface area contributed by atoms with Crippen molar-refractivity contribution in [1.29, 1.82) is 0 Å². The summed E-state index contributed by atoms with van der Waals surface area (Å²) < 4.78 is 2.35. The fraction of sp³-hybridized carbons (Fsp3) is 0.314. The third-order valence-corrected chi connectivity index (χ3v) is 8.95. The Balaban J connectivity index is 1.30. The van der Waals surface area contributed by atoms with E-state index in [2.05, 4.69) is 78.3 Å². The molecule has 0 radical (unpaired) electrons. The van der Waals surface area contributed by atoms with Crippen LogP contribution in [-0.4, -0.2) is 26.3 Å². The molecule has 0 bridgehead atoms. The minimum Gasteiger partial charge on any atom is -0.394 e. The molecule has 1 aliphatic carbocycles. The van der Waals surface area contributed by atoms with Crippen LogP contribution in [-0.2, 0) is 6.54 Å². The Morgan fingerprint density at radius 3 is 2.38 bits per heavy atom. The zero-order valence-corrected chi connectivity index (χ0v) is 24.1. The number of aliphatic hydroxyl groups excluding tert-OH is 1. The van der Waals surface area contributed by atoms with Gasteiger partial charge in [-0.15, -0.1) is 0 Å². The van der Waals surface area contributed by atoms with E-state index in [0.717, 1.165) is 28.4 Å². The van der Waals surface area contributed by atoms with Crippen LogP contribution in [0.3, 0.4) is 0 Å². The first-order valence-electron chi connectivity index (χ1n) is 14.4. The molecule has 0 aliphatic heterocycles. The number of nitrogens with one attached hydrogen (secondary N) is 1. The van der Waals surface area contributed by atoms with Crippen LogP contribution in [0.5, 0.6) is 0 Å². The van der Waals surface area contributed by atoms with Gasteiger partial charge in [0.2, 0.25) is 0 Å². The van der Waals surface area contributed by atoms with Crippen molar-refractivity contribution < 1.29 is 5.11 Å². The van der Waals surface area contributed by atoms with Gasteiger partial charge in [-0.05, 0) is 67.0 Å². The summed E-state index contributed by atoms with van der Waals surface area (Å²) in [5, 5.41) is 16.2. The van der Waals surface area contributed by atoms with Gasteiger partial charge in [0, 0.05) is 28.9 Å². The third kappa shape index (κ3) is 5.16. The van der Waals surface area contributed by atoms with E-state index in [1.807, 2.05) is 30.3 Å². The van der Waals surface area contributed by atoms with Crippen LogP contribution in [0.1, 0.15) is 65.6 Å². The molecule has 40 heavy (non-hydrogen) atoms. The topological polar surface area (TPSA) is 50.1 Å². The molecule has 2 aromatic heterocycles. The van der Waals surface area contributed by atoms with E-state index >= 15 is 0 Å². The number of fused-ring (bicyclic) bond motifs is 3. The summed E-state index contributed by atoms with van der Waals surface area (Å²) in [6.45, 7) is 5.02. The molecule has 6 rings (SSSR count). The van der Waals surface area contributed by atoms with Gasteiger partial charge in [-0.1, -0.05) is 97.9 Å². The molecule has 0 spiro atoms. The lowest BCUT2D eigenvalue weighted by Gasteiger charge is -2.29. The highest BCUT2D eigenvalue weighted by Crippen LogP contribution is 2.39. The number of rotatable bonds is 8. The van der Waals surface area contributed by atoms with E-state index in [1.165, 1.54) is 58.7 Å². The predicted octanol–water partition coefficient (Wildman–Crippen LogP) is 7.78. The lowest BCUT2D eigenvalue weighted by molar-refractivity contribution is 0.257. The molecule has 0 amide bonds. The Kier molecular flexibility index (Phi) is 7.68. The van der Waals surface area contributed by atoms with E-state index in [-0.39, 0.29) is 18.6 Å². The molecule has 2 N–H and O–H groups in total. The number of benzene rings is 3. The summed E-state index contributed by atoms with van der Waals surface area (Å²) in [7, 11) is 0. The second-order valence-corrected chi connectivity index (χ2v) is 11.7. The zero-order valence-electron chi connectivity index (χ0n) is 23.3. The summed E-state index contributed by atoms with van der Waals surface area (Å²) in [5.74, 6) is 0.665. The molecule has 2 heterocycles. The van der Waals surface area contributed by atoms with Crippen molar-refractivity contribution in [2.75, 3.05) is 6.61 Å². The molecule has 5 aromatic rings. The van der Waals surface area contributed by atoms with Crippen molar-refractivity contribution in [3.63, 3.8) is 0 Å². The number of hydrogen-bond acceptors (Lipinski definition) is 3. The highest BCUT2D eigenvalue weighted by molar-refractivity contribution is 7.80. The third-order valence-electron chi connectivity index (χ3n) is 8.58. The number of aryl methyl sites for hydroxylation is 2. The lowest BCUT2D eigenvalue weighted by atomic mass is 9.84. The second kappa shape index (κ2) is 11.5. The fourth-order valence-corrected chi connectivity index (χ4v) is 7.13. The van der Waals surface area contributed by atoms with Gasteiger partial charge in [0.05, 0.1) is 23.2 Å². The highest BCUT2D eigenvalue weighted by atomic mass is 32.1. The SMILES string of the molecule is Cc1cc(C)c2c3ccccc3n(Cc3ccc([C@@H](C(=S)N[C@@H](CO)c4ccccc4)C4CCCC4)cc3)c2n1. The van der Waals surface area contributed by atoms with E-state index < -0.39 is 0 Å². The van der Waals surface area contributed by atoms with Gasteiger partial charge in [-0.25, -0.2) is 4.98 Å². The predicted molar refractivity (Wildman–Crippen MR) is 169 cm³/mol. The van der Waals surface area contributed by atoms with Crippen molar-refractivity contribution in [3.05, 3.63) is 113 Å². The first-order valence-corrected chi connectivity index (χ1v) is 14.8. The minimum absolute atomic E-state index is 0.00620. The average molecular weight is 548 g/mol.